The van der Waals surface area contributed by atoms with Gasteiger partial charge in [-0.15, -0.1) is 0 Å². The van der Waals surface area contributed by atoms with Gasteiger partial charge in [0.05, 0.1) is 38.8 Å². The average Bonchev–Trinajstić information content (AvgIpc) is 2.69. The summed E-state index contributed by atoms with van der Waals surface area (Å²) in [5.74, 6) is -1.15. The number of carboxylic acid groups (broad SMARTS) is 1. The van der Waals surface area contributed by atoms with Crippen LogP contribution in [-0.2, 0) is 22.3 Å². The summed E-state index contributed by atoms with van der Waals surface area (Å²) in [6, 6.07) is 5.62. The van der Waals surface area contributed by atoms with Crippen molar-refractivity contribution in [2.24, 2.45) is 0 Å². The molecule has 2 rings (SSSR count). The average molecular weight is 447 g/mol. The highest BCUT2D eigenvalue weighted by Gasteiger charge is 2.38. The third kappa shape index (κ3) is 6.67. The quantitative estimate of drug-likeness (QED) is 0.540. The van der Waals surface area contributed by atoms with Crippen LogP contribution in [0.2, 0.25) is 0 Å². The van der Waals surface area contributed by atoms with E-state index in [9.17, 15) is 27.2 Å². The fourth-order valence-electron chi connectivity index (χ4n) is 2.62. The Morgan fingerprint density at radius 1 is 1.26 bits per heavy atom. The molecule has 1 heterocycles. The van der Waals surface area contributed by atoms with Crippen molar-refractivity contribution in [2.45, 2.75) is 31.9 Å². The summed E-state index contributed by atoms with van der Waals surface area (Å²) in [4.78, 5) is 22.9. The van der Waals surface area contributed by atoms with Crippen molar-refractivity contribution in [3.8, 4) is 5.75 Å². The summed E-state index contributed by atoms with van der Waals surface area (Å²) in [7, 11) is 1.47. The van der Waals surface area contributed by atoms with Gasteiger partial charge in [0.15, 0.2) is 0 Å². The molecule has 2 atom stereocenters. The maximum atomic E-state index is 13.6. The molecule has 0 aliphatic heterocycles. The van der Waals surface area contributed by atoms with E-state index in [-0.39, 0.29) is 13.2 Å². The maximum absolute atomic E-state index is 13.6. The summed E-state index contributed by atoms with van der Waals surface area (Å²) < 4.78 is 64.3. The zero-order valence-electron chi connectivity index (χ0n) is 16.6. The van der Waals surface area contributed by atoms with Crippen LogP contribution < -0.4 is 15.6 Å². The molecule has 0 saturated carbocycles. The van der Waals surface area contributed by atoms with E-state index in [1.807, 2.05) is 0 Å². The number of ether oxygens (including phenoxy) is 2. The number of nitrogens with zero attached hydrogens (tertiary/aromatic N) is 2. The normalized spacial score (nSPS) is 13.5. The number of hydrogen-bond donors (Lipinski definition) is 2. The first-order valence-electron chi connectivity index (χ1n) is 9.04. The van der Waals surface area contributed by atoms with E-state index >= 15 is 0 Å². The van der Waals surface area contributed by atoms with Gasteiger partial charge in [-0.05, 0) is 24.6 Å². The lowest BCUT2D eigenvalue weighted by Gasteiger charge is -2.20. The smallest absolute Gasteiger partial charge is 0.423 e. The molecule has 0 bridgehead atoms. The number of aliphatic carboxylic acids is 1. The number of aromatic nitrogens is 2. The number of rotatable bonds is 10. The molecule has 8 nitrogen and oxygen atoms in total. The van der Waals surface area contributed by atoms with Crippen LogP contribution in [0.3, 0.4) is 0 Å². The predicted octanol–water partition coefficient (Wildman–Crippen LogP) is 2.56. The van der Waals surface area contributed by atoms with E-state index < -0.39 is 47.8 Å². The Labute approximate surface area is 174 Å². The van der Waals surface area contributed by atoms with Crippen molar-refractivity contribution < 1.29 is 36.9 Å². The molecule has 0 unspecified atom stereocenters. The van der Waals surface area contributed by atoms with E-state index in [1.165, 1.54) is 14.0 Å². The number of carbonyl (C=O) groups is 1. The maximum Gasteiger partial charge on any atom is 0.423 e. The number of anilines is 1. The van der Waals surface area contributed by atoms with Gasteiger partial charge in [0.25, 0.3) is 5.56 Å². The SMILES string of the molecule is COc1ccc(Cn2ncc(N[C@@H](C)COC[C@@H](F)C(=O)O)c(C(F)(F)F)c2=O)cc1. The lowest BCUT2D eigenvalue weighted by atomic mass is 10.2. The number of methoxy groups -OCH3 is 1. The standard InChI is InChI=1S/C19H21F4N3O5/c1-11(9-31-10-14(20)18(28)29)25-15-7-24-26(17(27)16(15)19(21,22)23)8-12-3-5-13(30-2)6-4-12/h3-7,11,14,25H,8-10H2,1-2H3,(H,28,29)/t11-,14+/m0/s1. The Morgan fingerprint density at radius 3 is 2.45 bits per heavy atom. The number of halogens is 4. The zero-order valence-corrected chi connectivity index (χ0v) is 16.6. The molecule has 170 valence electrons. The van der Waals surface area contributed by atoms with Crippen LogP contribution in [0.15, 0.2) is 35.3 Å². The first-order valence-corrected chi connectivity index (χ1v) is 9.04. The Morgan fingerprint density at radius 2 is 1.90 bits per heavy atom. The number of nitrogens with one attached hydrogen (secondary N) is 1. The van der Waals surface area contributed by atoms with E-state index in [2.05, 4.69) is 10.4 Å². The second kappa shape index (κ2) is 10.2. The minimum Gasteiger partial charge on any atom is -0.497 e. The molecule has 2 N–H and O–H groups in total. The Kier molecular flexibility index (Phi) is 7.97. The van der Waals surface area contributed by atoms with Gasteiger partial charge in [-0.2, -0.15) is 18.3 Å². The van der Waals surface area contributed by atoms with E-state index in [4.69, 9.17) is 14.6 Å². The Balaban J connectivity index is 2.19. The minimum absolute atomic E-state index is 0.183. The highest BCUT2D eigenvalue weighted by molar-refractivity contribution is 5.72. The Bertz CT molecular complexity index is 947. The fourth-order valence-corrected chi connectivity index (χ4v) is 2.62. The first kappa shape index (κ1) is 24.1. The van der Waals surface area contributed by atoms with Crippen molar-refractivity contribution in [1.29, 1.82) is 0 Å². The van der Waals surface area contributed by atoms with E-state index in [1.54, 1.807) is 24.3 Å². The van der Waals surface area contributed by atoms with Gasteiger partial charge in [0.1, 0.15) is 11.3 Å². The topological polar surface area (TPSA) is 103 Å². The summed E-state index contributed by atoms with van der Waals surface area (Å²) in [6.45, 7) is 0.199. The van der Waals surface area contributed by atoms with Crippen molar-refractivity contribution >= 4 is 11.7 Å². The molecule has 1 aromatic heterocycles. The van der Waals surface area contributed by atoms with E-state index in [0.717, 1.165) is 6.20 Å². The van der Waals surface area contributed by atoms with Gasteiger partial charge in [-0.3, -0.25) is 4.79 Å². The van der Waals surface area contributed by atoms with Crippen LogP contribution in [0, 0.1) is 0 Å². The van der Waals surface area contributed by atoms with Crippen molar-refractivity contribution in [1.82, 2.24) is 9.78 Å². The lowest BCUT2D eigenvalue weighted by molar-refractivity contribution is -0.145. The number of carboxylic acids is 1. The third-order valence-corrected chi connectivity index (χ3v) is 4.12. The molecule has 0 aliphatic rings. The predicted molar refractivity (Wildman–Crippen MR) is 102 cm³/mol. The van der Waals surface area contributed by atoms with Gasteiger partial charge >= 0.3 is 12.1 Å². The molecule has 0 fully saturated rings. The van der Waals surface area contributed by atoms with Crippen molar-refractivity contribution in [2.75, 3.05) is 25.6 Å². The zero-order chi connectivity index (χ0) is 23.2. The summed E-state index contributed by atoms with van der Waals surface area (Å²) in [6.07, 6.45) is -6.33. The largest absolute Gasteiger partial charge is 0.497 e. The van der Waals surface area contributed by atoms with Gasteiger partial charge in [0, 0.05) is 6.04 Å². The number of alkyl halides is 4. The third-order valence-electron chi connectivity index (χ3n) is 4.12. The molecule has 1 aromatic carbocycles. The number of hydrogen-bond acceptors (Lipinski definition) is 6. The summed E-state index contributed by atoms with van der Waals surface area (Å²) >= 11 is 0. The van der Waals surface area contributed by atoms with Crippen LogP contribution in [0.5, 0.6) is 5.75 Å². The highest BCUT2D eigenvalue weighted by Crippen LogP contribution is 2.32. The second-order valence-corrected chi connectivity index (χ2v) is 6.63. The van der Waals surface area contributed by atoms with Gasteiger partial charge in [0.2, 0.25) is 6.17 Å². The van der Waals surface area contributed by atoms with E-state index in [0.29, 0.717) is 16.0 Å². The first-order chi connectivity index (χ1) is 14.5. The second-order valence-electron chi connectivity index (χ2n) is 6.63. The van der Waals surface area contributed by atoms with Crippen molar-refractivity contribution in [3.05, 3.63) is 51.9 Å². The molecule has 2 aromatic rings. The van der Waals surface area contributed by atoms with Crippen molar-refractivity contribution in [3.63, 3.8) is 0 Å². The van der Waals surface area contributed by atoms with Crippen LogP contribution >= 0.6 is 0 Å². The van der Waals surface area contributed by atoms with Gasteiger partial charge in [-0.1, -0.05) is 12.1 Å². The van der Waals surface area contributed by atoms with Crippen LogP contribution in [-0.4, -0.2) is 53.4 Å². The molecule has 0 spiro atoms. The van der Waals surface area contributed by atoms with Crippen LogP contribution in [0.25, 0.3) is 0 Å². The molecular formula is C19H21F4N3O5. The molecule has 12 heteroatoms. The lowest BCUT2D eigenvalue weighted by Crippen LogP contribution is -2.34. The summed E-state index contributed by atoms with van der Waals surface area (Å²) in [5.41, 5.74) is -2.78. The monoisotopic (exact) mass is 447 g/mol. The molecule has 0 amide bonds. The van der Waals surface area contributed by atoms with Gasteiger partial charge in [-0.25, -0.2) is 13.9 Å². The van der Waals surface area contributed by atoms with Crippen LogP contribution in [0.1, 0.15) is 18.1 Å². The molecule has 0 saturated heterocycles. The molecule has 0 aliphatic carbocycles. The van der Waals surface area contributed by atoms with Gasteiger partial charge < -0.3 is 19.9 Å². The summed E-state index contributed by atoms with van der Waals surface area (Å²) in [5, 5.41) is 14.7. The molecule has 31 heavy (non-hydrogen) atoms. The van der Waals surface area contributed by atoms with Crippen LogP contribution in [0.4, 0.5) is 23.2 Å². The highest BCUT2D eigenvalue weighted by atomic mass is 19.4. The molecule has 0 radical (unpaired) electrons. The number of benzene rings is 1. The Hall–Kier alpha value is -3.15. The fraction of sp³-hybridized carbons (Fsp3) is 0.421. The molecular weight excluding hydrogens is 426 g/mol. The minimum atomic E-state index is -4.96.